The van der Waals surface area contributed by atoms with Crippen LogP contribution in [-0.4, -0.2) is 39.9 Å². The molecule has 7 nitrogen and oxygen atoms in total. The van der Waals surface area contributed by atoms with Gasteiger partial charge < -0.3 is 14.6 Å². The van der Waals surface area contributed by atoms with E-state index in [4.69, 9.17) is 14.6 Å². The number of carbonyl (C=O) groups is 2. The largest absolute Gasteiger partial charge is 0.493 e. The van der Waals surface area contributed by atoms with Gasteiger partial charge in [0.25, 0.3) is 0 Å². The van der Waals surface area contributed by atoms with Gasteiger partial charge in [0.15, 0.2) is 5.78 Å². The first-order chi connectivity index (χ1) is 20.0. The minimum absolute atomic E-state index is 0.00705. The summed E-state index contributed by atoms with van der Waals surface area (Å²) < 4.78 is 13.4. The predicted molar refractivity (Wildman–Crippen MR) is 159 cm³/mol. The van der Waals surface area contributed by atoms with Crippen molar-refractivity contribution < 1.29 is 24.2 Å². The monoisotopic (exact) mass is 548 g/mol. The molecule has 0 saturated carbocycles. The molecule has 0 bridgehead atoms. The third-order valence-electron chi connectivity index (χ3n) is 6.81. The van der Waals surface area contributed by atoms with Crippen LogP contribution in [0.3, 0.4) is 0 Å². The van der Waals surface area contributed by atoms with Gasteiger partial charge in [-0.25, -0.2) is 0 Å². The van der Waals surface area contributed by atoms with Gasteiger partial charge in [-0.2, -0.15) is 5.10 Å². The van der Waals surface area contributed by atoms with Crippen LogP contribution in [0.15, 0.2) is 97.2 Å². The Morgan fingerprint density at radius 2 is 1.56 bits per heavy atom. The number of aliphatic carboxylic acids is 1. The molecule has 1 N–H and O–H groups in total. The molecule has 4 aromatic carbocycles. The van der Waals surface area contributed by atoms with E-state index in [1.807, 2.05) is 78.9 Å². The van der Waals surface area contributed by atoms with E-state index in [1.54, 1.807) is 6.20 Å². The molecule has 5 aromatic rings. The highest BCUT2D eigenvalue weighted by Crippen LogP contribution is 2.26. The number of carbonyl (C=O) groups excluding carboxylic acids is 1. The van der Waals surface area contributed by atoms with Crippen molar-refractivity contribution in [2.45, 2.75) is 32.7 Å². The summed E-state index contributed by atoms with van der Waals surface area (Å²) in [4.78, 5) is 24.2. The van der Waals surface area contributed by atoms with E-state index < -0.39 is 5.97 Å². The number of aryl methyl sites for hydroxylation is 1. The average Bonchev–Trinajstić information content (AvgIpc) is 3.39. The molecule has 41 heavy (non-hydrogen) atoms. The molecule has 0 aliphatic rings. The lowest BCUT2D eigenvalue weighted by Crippen LogP contribution is -2.09. The van der Waals surface area contributed by atoms with Crippen molar-refractivity contribution in [1.82, 2.24) is 9.78 Å². The van der Waals surface area contributed by atoms with Crippen molar-refractivity contribution in [2.24, 2.45) is 0 Å². The van der Waals surface area contributed by atoms with E-state index in [9.17, 15) is 9.59 Å². The van der Waals surface area contributed by atoms with Crippen LogP contribution in [0.5, 0.6) is 11.5 Å². The summed E-state index contributed by atoms with van der Waals surface area (Å²) >= 11 is 0. The topological polar surface area (TPSA) is 90.7 Å². The van der Waals surface area contributed by atoms with Crippen LogP contribution >= 0.6 is 0 Å². The van der Waals surface area contributed by atoms with Crippen molar-refractivity contribution in [3.8, 4) is 22.6 Å². The van der Waals surface area contributed by atoms with Gasteiger partial charge in [-0.1, -0.05) is 67.9 Å². The molecule has 0 atom stereocenters. The molecule has 1 heterocycles. The van der Waals surface area contributed by atoms with Gasteiger partial charge >= 0.3 is 5.97 Å². The number of carboxylic acid groups (broad SMARTS) is 1. The molecule has 0 radical (unpaired) electrons. The molecule has 5 rings (SSSR count). The van der Waals surface area contributed by atoms with Crippen LogP contribution in [0, 0.1) is 0 Å². The molecule has 0 aliphatic heterocycles. The normalized spacial score (nSPS) is 11.0. The molecule has 1 aromatic heterocycles. The summed E-state index contributed by atoms with van der Waals surface area (Å²) in [6, 6.07) is 29.0. The molecule has 0 spiro atoms. The highest BCUT2D eigenvalue weighted by molar-refractivity contribution is 6.09. The summed E-state index contributed by atoms with van der Waals surface area (Å²) in [6.45, 7) is 2.87. The van der Waals surface area contributed by atoms with Crippen LogP contribution in [-0.2, 0) is 17.8 Å². The zero-order valence-electron chi connectivity index (χ0n) is 23.0. The van der Waals surface area contributed by atoms with Crippen LogP contribution in [0.1, 0.15) is 41.3 Å². The van der Waals surface area contributed by atoms with E-state index in [0.717, 1.165) is 46.2 Å². The van der Waals surface area contributed by atoms with Crippen molar-refractivity contribution in [2.75, 3.05) is 13.2 Å². The van der Waals surface area contributed by atoms with Gasteiger partial charge in [0.05, 0.1) is 24.9 Å². The summed E-state index contributed by atoms with van der Waals surface area (Å²) in [5.74, 6) is 0.536. The molecule has 0 unspecified atom stereocenters. The number of benzene rings is 4. The summed E-state index contributed by atoms with van der Waals surface area (Å²) in [7, 11) is 0. The number of nitrogens with zero attached hydrogens (tertiary/aromatic N) is 2. The van der Waals surface area contributed by atoms with Crippen molar-refractivity contribution >= 4 is 22.7 Å². The number of ether oxygens (including phenoxy) is 2. The summed E-state index contributed by atoms with van der Waals surface area (Å²) in [5.41, 5.74) is 5.27. The van der Waals surface area contributed by atoms with Gasteiger partial charge in [0.2, 0.25) is 0 Å². The molecule has 0 saturated heterocycles. The standard InChI is InChI=1S/C34H32N2O5/c1-2-7-27-20-28(34(39)26-12-10-25(11-13-26)24-8-4-3-5-9-24)14-17-32(27)41-19-6-18-40-30-15-16-31-29(21-30)22-35-36(31)23-33(37)38/h3-5,8-17,20-22H,2,6-7,18-19,23H2,1H3,(H,37,38). The molecular weight excluding hydrogens is 516 g/mol. The highest BCUT2D eigenvalue weighted by Gasteiger charge is 2.13. The molecule has 7 heteroatoms. The number of rotatable bonds is 13. The van der Waals surface area contributed by atoms with Gasteiger partial charge in [0.1, 0.15) is 18.0 Å². The van der Waals surface area contributed by atoms with Crippen molar-refractivity contribution in [1.29, 1.82) is 0 Å². The smallest absolute Gasteiger partial charge is 0.325 e. The third-order valence-corrected chi connectivity index (χ3v) is 6.81. The fourth-order valence-electron chi connectivity index (χ4n) is 4.78. The number of hydrogen-bond donors (Lipinski definition) is 1. The maximum absolute atomic E-state index is 13.2. The Balaban J connectivity index is 1.16. The van der Waals surface area contributed by atoms with Gasteiger partial charge in [-0.05, 0) is 59.5 Å². The van der Waals surface area contributed by atoms with E-state index in [1.165, 1.54) is 4.68 Å². The fourth-order valence-corrected chi connectivity index (χ4v) is 4.78. The zero-order chi connectivity index (χ0) is 28.6. The van der Waals surface area contributed by atoms with E-state index in [0.29, 0.717) is 36.5 Å². The van der Waals surface area contributed by atoms with Crippen LogP contribution < -0.4 is 9.47 Å². The van der Waals surface area contributed by atoms with E-state index in [2.05, 4.69) is 24.2 Å². The van der Waals surface area contributed by atoms with Crippen molar-refractivity contribution in [3.63, 3.8) is 0 Å². The lowest BCUT2D eigenvalue weighted by Gasteiger charge is -2.13. The number of fused-ring (bicyclic) bond motifs is 1. The van der Waals surface area contributed by atoms with Gasteiger partial charge in [-0.3, -0.25) is 14.3 Å². The Morgan fingerprint density at radius 3 is 2.32 bits per heavy atom. The second-order valence-electron chi connectivity index (χ2n) is 9.81. The lowest BCUT2D eigenvalue weighted by molar-refractivity contribution is -0.137. The quantitative estimate of drug-likeness (QED) is 0.128. The second kappa shape index (κ2) is 13.0. The first-order valence-corrected chi connectivity index (χ1v) is 13.8. The molecule has 208 valence electrons. The zero-order valence-corrected chi connectivity index (χ0v) is 23.0. The van der Waals surface area contributed by atoms with E-state index >= 15 is 0 Å². The Morgan fingerprint density at radius 1 is 0.829 bits per heavy atom. The van der Waals surface area contributed by atoms with Crippen molar-refractivity contribution in [3.05, 3.63) is 114 Å². The molecule has 0 aliphatic carbocycles. The number of ketones is 1. The van der Waals surface area contributed by atoms with Gasteiger partial charge in [0, 0.05) is 22.9 Å². The third kappa shape index (κ3) is 6.81. The van der Waals surface area contributed by atoms with Gasteiger partial charge in [-0.15, -0.1) is 0 Å². The Labute approximate surface area is 239 Å². The Hall–Kier alpha value is -4.91. The SMILES string of the molecule is CCCc1cc(C(=O)c2ccc(-c3ccccc3)cc2)ccc1OCCCOc1ccc2c(cnn2CC(=O)O)c1. The Kier molecular flexibility index (Phi) is 8.74. The molecule has 0 fully saturated rings. The number of hydrogen-bond acceptors (Lipinski definition) is 5. The average molecular weight is 549 g/mol. The highest BCUT2D eigenvalue weighted by atomic mass is 16.5. The van der Waals surface area contributed by atoms with Crippen LogP contribution in [0.4, 0.5) is 0 Å². The maximum Gasteiger partial charge on any atom is 0.325 e. The number of aromatic nitrogens is 2. The van der Waals surface area contributed by atoms with Crippen LogP contribution in [0.25, 0.3) is 22.0 Å². The summed E-state index contributed by atoms with van der Waals surface area (Å²) in [5, 5.41) is 14.0. The predicted octanol–water partition coefficient (Wildman–Crippen LogP) is 6.82. The summed E-state index contributed by atoms with van der Waals surface area (Å²) in [6.07, 6.45) is 4.07. The number of carboxylic acids is 1. The second-order valence-corrected chi connectivity index (χ2v) is 9.81. The van der Waals surface area contributed by atoms with Crippen LogP contribution in [0.2, 0.25) is 0 Å². The van der Waals surface area contributed by atoms with E-state index in [-0.39, 0.29) is 12.3 Å². The molecule has 0 amide bonds. The Bertz CT molecular complexity index is 1640. The first kappa shape index (κ1) is 27.6. The fraction of sp³-hybridized carbons (Fsp3) is 0.206. The minimum Gasteiger partial charge on any atom is -0.493 e. The maximum atomic E-state index is 13.2. The minimum atomic E-state index is -0.938. The first-order valence-electron chi connectivity index (χ1n) is 13.8. The molecular formula is C34H32N2O5. The lowest BCUT2D eigenvalue weighted by atomic mass is 9.97.